The molecule has 0 saturated carbocycles. The summed E-state index contributed by atoms with van der Waals surface area (Å²) in [6.45, 7) is 4.66. The Hall–Kier alpha value is -2.09. The van der Waals surface area contributed by atoms with E-state index < -0.39 is 5.97 Å². The average molecular weight is 295 g/mol. The first kappa shape index (κ1) is 15.3. The maximum atomic E-state index is 12.1. The van der Waals surface area contributed by atoms with Crippen LogP contribution in [0.2, 0.25) is 0 Å². The van der Waals surface area contributed by atoms with Crippen LogP contribution in [0.25, 0.3) is 0 Å². The molecule has 0 radical (unpaired) electrons. The van der Waals surface area contributed by atoms with Crippen molar-refractivity contribution < 1.29 is 14.7 Å². The van der Waals surface area contributed by atoms with E-state index in [1.807, 2.05) is 25.1 Å². The molecular weight excluding hydrogens is 274 g/mol. The Balaban J connectivity index is 1.77. The summed E-state index contributed by atoms with van der Waals surface area (Å²) in [5.74, 6) is -0.833. The highest BCUT2D eigenvalue weighted by Gasteiger charge is 2.22. The summed E-state index contributed by atoms with van der Waals surface area (Å²) in [6.07, 6.45) is 1.89. The lowest BCUT2D eigenvalue weighted by Gasteiger charge is -2.33. The molecule has 1 aromatic rings. The number of aryl methyl sites for hydroxylation is 2. The van der Waals surface area contributed by atoms with Crippen LogP contribution in [-0.4, -0.2) is 69.4 Å². The van der Waals surface area contributed by atoms with Crippen LogP contribution < -0.4 is 5.32 Å². The highest BCUT2D eigenvalue weighted by Crippen LogP contribution is 2.05. The number of nitrogens with zero attached hydrogens (tertiary/aromatic N) is 4. The van der Waals surface area contributed by atoms with Gasteiger partial charge in [0.2, 0.25) is 0 Å². The predicted octanol–water partition coefficient (Wildman–Crippen LogP) is -0.360. The van der Waals surface area contributed by atoms with Gasteiger partial charge < -0.3 is 15.3 Å². The van der Waals surface area contributed by atoms with Crippen molar-refractivity contribution >= 4 is 12.0 Å². The van der Waals surface area contributed by atoms with Crippen LogP contribution in [0.3, 0.4) is 0 Å². The normalized spacial score (nSPS) is 16.0. The average Bonchev–Trinajstić information content (AvgIpc) is 2.74. The number of urea groups is 1. The molecule has 0 spiro atoms. The first-order valence-electron chi connectivity index (χ1n) is 6.91. The molecule has 1 aromatic heterocycles. The predicted molar refractivity (Wildman–Crippen MR) is 75.8 cm³/mol. The molecule has 2 N–H and O–H groups in total. The molecule has 8 heteroatoms. The van der Waals surface area contributed by atoms with Gasteiger partial charge in [0, 0.05) is 51.5 Å². The largest absolute Gasteiger partial charge is 0.480 e. The molecule has 1 fully saturated rings. The molecule has 21 heavy (non-hydrogen) atoms. The number of carbonyl (C=O) groups is 2. The standard InChI is InChI=1S/C13H21N5O3/c1-10-11(8-16(2)15-10)7-14-13(21)18-5-3-17(4-6-18)9-12(19)20/h8H,3-7,9H2,1-2H3,(H,14,21)(H,19,20). The highest BCUT2D eigenvalue weighted by atomic mass is 16.4. The Bertz CT molecular complexity index is 520. The van der Waals surface area contributed by atoms with E-state index in [-0.39, 0.29) is 12.6 Å². The number of hydrogen-bond acceptors (Lipinski definition) is 4. The van der Waals surface area contributed by atoms with Crippen LogP contribution in [0, 0.1) is 6.92 Å². The fourth-order valence-electron chi connectivity index (χ4n) is 2.41. The minimum Gasteiger partial charge on any atom is -0.480 e. The van der Waals surface area contributed by atoms with Gasteiger partial charge in [-0.25, -0.2) is 4.79 Å². The zero-order valence-corrected chi connectivity index (χ0v) is 12.4. The van der Waals surface area contributed by atoms with Gasteiger partial charge in [-0.05, 0) is 6.92 Å². The fraction of sp³-hybridized carbons (Fsp3) is 0.615. The minimum atomic E-state index is -0.833. The molecule has 8 nitrogen and oxygen atoms in total. The summed E-state index contributed by atoms with van der Waals surface area (Å²) in [7, 11) is 1.85. The molecule has 0 atom stereocenters. The Labute approximate surface area is 123 Å². The monoisotopic (exact) mass is 295 g/mol. The molecule has 2 amide bonds. The van der Waals surface area contributed by atoms with Crippen molar-refractivity contribution in [3.05, 3.63) is 17.5 Å². The molecule has 1 saturated heterocycles. The number of carboxylic acid groups (broad SMARTS) is 1. The highest BCUT2D eigenvalue weighted by molar-refractivity contribution is 5.74. The summed E-state index contributed by atoms with van der Waals surface area (Å²) in [5, 5.41) is 15.8. The topological polar surface area (TPSA) is 90.7 Å². The number of rotatable bonds is 4. The lowest BCUT2D eigenvalue weighted by atomic mass is 10.2. The van der Waals surface area contributed by atoms with E-state index in [2.05, 4.69) is 10.4 Å². The van der Waals surface area contributed by atoms with Crippen LogP contribution >= 0.6 is 0 Å². The van der Waals surface area contributed by atoms with Crippen LogP contribution in [0.4, 0.5) is 4.79 Å². The van der Waals surface area contributed by atoms with E-state index in [1.165, 1.54) is 0 Å². The van der Waals surface area contributed by atoms with Crippen LogP contribution in [0.15, 0.2) is 6.20 Å². The first-order chi connectivity index (χ1) is 9.95. The summed E-state index contributed by atoms with van der Waals surface area (Å²) in [5.41, 5.74) is 1.90. The van der Waals surface area contributed by atoms with Crippen molar-refractivity contribution in [1.82, 2.24) is 24.9 Å². The number of amides is 2. The molecule has 0 bridgehead atoms. The molecule has 116 valence electrons. The van der Waals surface area contributed by atoms with Crippen molar-refractivity contribution in [1.29, 1.82) is 0 Å². The van der Waals surface area contributed by atoms with Crippen molar-refractivity contribution in [3.8, 4) is 0 Å². The van der Waals surface area contributed by atoms with Gasteiger partial charge in [0.25, 0.3) is 0 Å². The van der Waals surface area contributed by atoms with Gasteiger partial charge in [0.15, 0.2) is 0 Å². The number of carbonyl (C=O) groups excluding carboxylic acids is 1. The number of aromatic nitrogens is 2. The van der Waals surface area contributed by atoms with Gasteiger partial charge in [-0.15, -0.1) is 0 Å². The third-order valence-electron chi connectivity index (χ3n) is 3.56. The van der Waals surface area contributed by atoms with Crippen LogP contribution in [0.5, 0.6) is 0 Å². The zero-order chi connectivity index (χ0) is 15.4. The Morgan fingerprint density at radius 1 is 1.33 bits per heavy atom. The minimum absolute atomic E-state index is 0.0321. The Morgan fingerprint density at radius 2 is 2.00 bits per heavy atom. The van der Waals surface area contributed by atoms with Crippen LogP contribution in [0.1, 0.15) is 11.3 Å². The Morgan fingerprint density at radius 3 is 2.52 bits per heavy atom. The number of hydrogen-bond donors (Lipinski definition) is 2. The maximum absolute atomic E-state index is 12.1. The Kier molecular flexibility index (Phi) is 4.79. The molecule has 2 heterocycles. The van der Waals surface area contributed by atoms with E-state index >= 15 is 0 Å². The van der Waals surface area contributed by atoms with Crippen LogP contribution in [-0.2, 0) is 18.4 Å². The molecule has 1 aliphatic heterocycles. The molecule has 0 aliphatic carbocycles. The van der Waals surface area contributed by atoms with E-state index in [9.17, 15) is 9.59 Å². The van der Waals surface area contributed by atoms with E-state index in [1.54, 1.807) is 9.58 Å². The number of piperazine rings is 1. The smallest absolute Gasteiger partial charge is 0.317 e. The summed E-state index contributed by atoms with van der Waals surface area (Å²) < 4.78 is 1.72. The van der Waals surface area contributed by atoms with Gasteiger partial charge in [-0.1, -0.05) is 0 Å². The van der Waals surface area contributed by atoms with E-state index in [0.29, 0.717) is 32.7 Å². The van der Waals surface area contributed by atoms with Gasteiger partial charge >= 0.3 is 12.0 Å². The van der Waals surface area contributed by atoms with Crippen molar-refractivity contribution in [2.45, 2.75) is 13.5 Å². The second kappa shape index (κ2) is 6.57. The summed E-state index contributed by atoms with van der Waals surface area (Å²) in [4.78, 5) is 26.2. The van der Waals surface area contributed by atoms with Gasteiger partial charge in [0.05, 0.1) is 12.2 Å². The van der Waals surface area contributed by atoms with E-state index in [4.69, 9.17) is 5.11 Å². The third kappa shape index (κ3) is 4.19. The van der Waals surface area contributed by atoms with Gasteiger partial charge in [-0.2, -0.15) is 5.10 Å². The van der Waals surface area contributed by atoms with Crippen molar-refractivity contribution in [2.75, 3.05) is 32.7 Å². The van der Waals surface area contributed by atoms with Gasteiger partial charge in [0.1, 0.15) is 0 Å². The molecule has 1 aliphatic rings. The second-order valence-corrected chi connectivity index (χ2v) is 5.23. The third-order valence-corrected chi connectivity index (χ3v) is 3.56. The second-order valence-electron chi connectivity index (χ2n) is 5.23. The molecule has 0 unspecified atom stereocenters. The number of carboxylic acids is 1. The number of nitrogens with one attached hydrogen (secondary N) is 1. The lowest BCUT2D eigenvalue weighted by Crippen LogP contribution is -2.52. The quantitative estimate of drug-likeness (QED) is 0.791. The zero-order valence-electron chi connectivity index (χ0n) is 12.4. The first-order valence-corrected chi connectivity index (χ1v) is 6.91. The molecular formula is C13H21N5O3. The maximum Gasteiger partial charge on any atom is 0.317 e. The van der Waals surface area contributed by atoms with Crippen molar-refractivity contribution in [3.63, 3.8) is 0 Å². The fourth-order valence-corrected chi connectivity index (χ4v) is 2.41. The summed E-state index contributed by atoms with van der Waals surface area (Å²) in [6, 6.07) is -0.117. The summed E-state index contributed by atoms with van der Waals surface area (Å²) >= 11 is 0. The van der Waals surface area contributed by atoms with Crippen molar-refractivity contribution in [2.24, 2.45) is 7.05 Å². The van der Waals surface area contributed by atoms with Gasteiger partial charge in [-0.3, -0.25) is 14.4 Å². The lowest BCUT2D eigenvalue weighted by molar-refractivity contribution is -0.138. The molecule has 0 aromatic carbocycles. The van der Waals surface area contributed by atoms with E-state index in [0.717, 1.165) is 11.3 Å². The molecule has 2 rings (SSSR count). The number of aliphatic carboxylic acids is 1. The SMILES string of the molecule is Cc1nn(C)cc1CNC(=O)N1CCN(CC(=O)O)CC1.